The van der Waals surface area contributed by atoms with Crippen LogP contribution < -0.4 is 30.1 Å². The van der Waals surface area contributed by atoms with Gasteiger partial charge in [-0.05, 0) is 116 Å². The van der Waals surface area contributed by atoms with E-state index in [0.29, 0.717) is 94.2 Å². The van der Waals surface area contributed by atoms with Gasteiger partial charge in [0.15, 0.2) is 35.5 Å². The number of Topliss-reactive ketones (excluding diaryl/α,β-unsaturated/α-hetero) is 1. The van der Waals surface area contributed by atoms with Gasteiger partial charge in [0.05, 0.1) is 48.8 Å². The summed E-state index contributed by atoms with van der Waals surface area (Å²) in [4.78, 5) is 90.4. The molecule has 8 atom stereocenters. The monoisotopic (exact) mass is 1150 g/mol. The van der Waals surface area contributed by atoms with Gasteiger partial charge in [-0.3, -0.25) is 29.0 Å². The Labute approximate surface area is 480 Å². The number of ether oxygens (including phenoxy) is 3. The molecule has 83 heavy (non-hydrogen) atoms. The van der Waals surface area contributed by atoms with Crippen molar-refractivity contribution in [3.05, 3.63) is 89.5 Å². The minimum atomic E-state index is -1.92. The summed E-state index contributed by atoms with van der Waals surface area (Å²) in [5.41, 5.74) is -2.65. The number of hydrogen-bond acceptors (Lipinski definition) is 15. The van der Waals surface area contributed by atoms with Gasteiger partial charge >= 0.3 is 11.9 Å². The number of aliphatic hydroxyl groups is 2. The first-order chi connectivity index (χ1) is 39.4. The molecule has 0 radical (unpaired) electrons. The fourth-order valence-electron chi connectivity index (χ4n) is 16.7. The highest BCUT2D eigenvalue weighted by Gasteiger charge is 2.68. The molecule has 0 amide bonds. The number of aliphatic hydroxyl groups excluding tert-OH is 1. The van der Waals surface area contributed by atoms with Gasteiger partial charge in [-0.25, -0.2) is 18.4 Å². The maximum absolute atomic E-state index is 17.3. The minimum absolute atomic E-state index is 0.0202. The summed E-state index contributed by atoms with van der Waals surface area (Å²) in [6.45, 7) is 15.5. The molecule has 3 N–H and O–H groups in total. The van der Waals surface area contributed by atoms with Gasteiger partial charge in [0.25, 0.3) is 0 Å². The standard InChI is InChI=1S/C63H76F2N6O12/c1-31-28-68(24-25-69(31)30-66-20-22-67(23-21-66)53-49(64)32(2)44-51(57(53)81-8)70(37-11-12-37)34(4)46(55(44)75)59(77)78)54-50(65)33(3)45-52(58(54)82-9)71(38-13-14-38)35(5)47(56(45)76)60(79)83-29-43(74)63(80)19-17-41-40-15-10-36-26-39(72)16-18-61(36,6)48(40)42(73)27-62(41,63)7/h16,18,26,31,37-38,40-42,48,73,80H,10-15,17,19-25,27-30H2,1-9H3,(H,77,78)/t31?,40-,41-,42-,48+,61-,62-,63-/m0/s1. The molecule has 0 bridgehead atoms. The fraction of sp³-hybridized carbons (Fsp3) is 0.587. The lowest BCUT2D eigenvalue weighted by Gasteiger charge is -2.59. The summed E-state index contributed by atoms with van der Waals surface area (Å²) in [5, 5.41) is 34.4. The lowest BCUT2D eigenvalue weighted by atomic mass is 9.46. The molecular weight excluding hydrogens is 1070 g/mol. The first-order valence-electron chi connectivity index (χ1n) is 29.6. The largest absolute Gasteiger partial charge is 0.492 e. The molecule has 0 spiro atoms. The highest BCUT2D eigenvalue weighted by molar-refractivity contribution is 6.03. The third-order valence-electron chi connectivity index (χ3n) is 21.2. The Morgan fingerprint density at radius 1 is 0.759 bits per heavy atom. The average Bonchev–Trinajstić information content (AvgIpc) is 3.45. The number of aromatic carboxylic acids is 1. The Morgan fingerprint density at radius 2 is 1.31 bits per heavy atom. The van der Waals surface area contributed by atoms with Crippen molar-refractivity contribution >= 4 is 56.7 Å². The molecule has 20 heteroatoms. The Balaban J connectivity index is 0.752. The molecular formula is C63H76F2N6O12. The summed E-state index contributed by atoms with van der Waals surface area (Å²) in [6.07, 6.45) is 9.50. The average molecular weight is 1150 g/mol. The van der Waals surface area contributed by atoms with Crippen molar-refractivity contribution in [1.82, 2.24) is 18.9 Å². The van der Waals surface area contributed by atoms with Crippen molar-refractivity contribution in [3.8, 4) is 11.5 Å². The maximum atomic E-state index is 17.3. The number of esters is 1. The van der Waals surface area contributed by atoms with Crippen LogP contribution >= 0.6 is 0 Å². The van der Waals surface area contributed by atoms with Crippen molar-refractivity contribution in [2.45, 2.75) is 136 Å². The molecule has 444 valence electrons. The van der Waals surface area contributed by atoms with Crippen LogP contribution in [0.15, 0.2) is 33.4 Å². The smallest absolute Gasteiger partial charge is 0.344 e. The van der Waals surface area contributed by atoms with Crippen LogP contribution in [-0.2, 0) is 14.3 Å². The van der Waals surface area contributed by atoms with E-state index < -0.39 is 69.4 Å². The van der Waals surface area contributed by atoms with E-state index in [1.54, 1.807) is 26.0 Å². The zero-order valence-corrected chi connectivity index (χ0v) is 49.0. The van der Waals surface area contributed by atoms with Crippen LogP contribution in [-0.4, -0.2) is 149 Å². The zero-order valence-electron chi connectivity index (χ0n) is 49.0. The fourth-order valence-corrected chi connectivity index (χ4v) is 16.7. The molecule has 2 aliphatic heterocycles. The number of rotatable bonds is 13. The minimum Gasteiger partial charge on any atom is -0.492 e. The van der Waals surface area contributed by atoms with Crippen molar-refractivity contribution < 1.29 is 57.5 Å². The van der Waals surface area contributed by atoms with Crippen LogP contribution in [0.1, 0.15) is 134 Å². The highest BCUT2D eigenvalue weighted by Crippen LogP contribution is 2.67. The van der Waals surface area contributed by atoms with Gasteiger partial charge in [0, 0.05) is 103 Å². The Hall–Kier alpha value is -6.48. The van der Waals surface area contributed by atoms with Gasteiger partial charge in [-0.15, -0.1) is 0 Å². The summed E-state index contributed by atoms with van der Waals surface area (Å²) in [7, 11) is 2.89. The molecule has 6 aliphatic carbocycles. The first kappa shape index (κ1) is 57.0. The van der Waals surface area contributed by atoms with Crippen molar-refractivity contribution in [2.75, 3.05) is 83.1 Å². The van der Waals surface area contributed by atoms with E-state index in [0.717, 1.165) is 31.3 Å². The number of methoxy groups -OCH3 is 2. The molecule has 5 saturated carbocycles. The zero-order chi connectivity index (χ0) is 59.3. The Morgan fingerprint density at radius 3 is 1.87 bits per heavy atom. The normalized spacial score (nSPS) is 29.2. The summed E-state index contributed by atoms with van der Waals surface area (Å²) in [5.74, 6) is -4.41. The van der Waals surface area contributed by atoms with Crippen LogP contribution in [0.5, 0.6) is 11.5 Å². The van der Waals surface area contributed by atoms with Crippen LogP contribution in [0, 0.1) is 67.9 Å². The van der Waals surface area contributed by atoms with E-state index in [1.165, 1.54) is 28.1 Å². The number of anilines is 2. The number of carbonyl (C=O) groups is 4. The lowest BCUT2D eigenvalue weighted by Crippen LogP contribution is -2.61. The number of pyridine rings is 2. The molecule has 8 aliphatic rings. The van der Waals surface area contributed by atoms with Crippen LogP contribution in [0.2, 0.25) is 0 Å². The number of allylic oxidation sites excluding steroid dienone is 4. The topological polar surface area (TPSA) is 214 Å². The number of carboxylic acids is 1. The Kier molecular flexibility index (Phi) is 14.0. The van der Waals surface area contributed by atoms with E-state index >= 15 is 8.78 Å². The molecule has 4 heterocycles. The molecule has 1 unspecified atom stereocenters. The first-order valence-corrected chi connectivity index (χ1v) is 29.6. The summed E-state index contributed by atoms with van der Waals surface area (Å²) in [6, 6.07) is -0.238. The van der Waals surface area contributed by atoms with E-state index in [9.17, 15) is 44.1 Å². The van der Waals surface area contributed by atoms with Crippen LogP contribution in [0.25, 0.3) is 21.8 Å². The van der Waals surface area contributed by atoms with E-state index in [4.69, 9.17) is 14.2 Å². The molecule has 4 aromatic rings. The SMILES string of the molecule is COc1c(N2CCN(CN3CCN(c4c(F)c(C)c5c(=O)c(C(=O)OCC(=O)[C@@]6(O)CC[C@H]7[C@@H]8CCC9=CC(=O)C=C[C@]9(C)[C@H]8[C@@H](O)C[C@@]76C)c(C)n(C6CC6)c5c4OC)CC3C)CC2)c(F)c(C)c2c(=O)c(C(=O)O)c(C)n(C3CC3)c12. The summed E-state index contributed by atoms with van der Waals surface area (Å²) < 4.78 is 55.5. The second kappa shape index (κ2) is 20.4. The number of benzene rings is 2. The van der Waals surface area contributed by atoms with E-state index in [1.807, 2.05) is 31.9 Å². The quantitative estimate of drug-likeness (QED) is 0.113. The number of hydrogen-bond donors (Lipinski definition) is 3. The molecule has 2 aromatic heterocycles. The number of piperazine rings is 2. The molecule has 2 saturated heterocycles. The van der Waals surface area contributed by atoms with Crippen molar-refractivity contribution in [2.24, 2.45) is 28.6 Å². The van der Waals surface area contributed by atoms with Gasteiger partial charge in [0.1, 0.15) is 28.1 Å². The number of aryl methyl sites for hydroxylation is 2. The predicted molar refractivity (Wildman–Crippen MR) is 307 cm³/mol. The van der Waals surface area contributed by atoms with Crippen molar-refractivity contribution in [1.29, 1.82) is 0 Å². The second-order valence-electron chi connectivity index (χ2n) is 25.6. The Bertz CT molecular complexity index is 3670. The predicted octanol–water partition coefficient (Wildman–Crippen LogP) is 7.24. The highest BCUT2D eigenvalue weighted by atomic mass is 19.1. The maximum Gasteiger partial charge on any atom is 0.344 e. The number of aromatic nitrogens is 2. The number of fused-ring (bicyclic) bond motifs is 7. The van der Waals surface area contributed by atoms with Gasteiger partial charge in [-0.1, -0.05) is 25.5 Å². The van der Waals surface area contributed by atoms with Crippen molar-refractivity contribution in [3.63, 3.8) is 0 Å². The number of halogens is 2. The van der Waals surface area contributed by atoms with Gasteiger partial charge < -0.3 is 48.5 Å². The number of ketones is 2. The van der Waals surface area contributed by atoms with Crippen LogP contribution in [0.4, 0.5) is 20.2 Å². The molecule has 7 fully saturated rings. The number of carbonyl (C=O) groups excluding carboxylic acids is 3. The lowest BCUT2D eigenvalue weighted by molar-refractivity contribution is -0.178. The van der Waals surface area contributed by atoms with E-state index in [-0.39, 0.29) is 110 Å². The second-order valence-corrected chi connectivity index (χ2v) is 25.6. The number of nitrogens with zero attached hydrogens (tertiary/aromatic N) is 6. The number of carboxylic acid groups (broad SMARTS) is 1. The third-order valence-corrected chi connectivity index (χ3v) is 21.2. The molecule has 12 rings (SSSR count). The van der Waals surface area contributed by atoms with Crippen LogP contribution in [0.3, 0.4) is 0 Å². The van der Waals surface area contributed by atoms with Gasteiger partial charge in [0.2, 0.25) is 16.6 Å². The molecule has 2 aromatic carbocycles. The van der Waals surface area contributed by atoms with E-state index in [2.05, 4.69) is 23.6 Å². The van der Waals surface area contributed by atoms with Gasteiger partial charge in [-0.2, -0.15) is 0 Å². The summed E-state index contributed by atoms with van der Waals surface area (Å²) >= 11 is 0. The molecule has 18 nitrogen and oxygen atoms in total. The third kappa shape index (κ3) is 8.55.